The number of nitriles is 1. The summed E-state index contributed by atoms with van der Waals surface area (Å²) < 4.78 is 51.5. The fraction of sp³-hybridized carbons (Fsp3) is 0.154. The van der Waals surface area contributed by atoms with Crippen LogP contribution in [-0.4, -0.2) is 6.54 Å². The molecule has 2 nitrogen and oxygen atoms in total. The van der Waals surface area contributed by atoms with Crippen LogP contribution in [0.2, 0.25) is 5.02 Å². The smallest absolute Gasteiger partial charge is 0.339 e. The normalized spacial score (nSPS) is 15.0. The maximum atomic E-state index is 13.9. The summed E-state index contributed by atoms with van der Waals surface area (Å²) in [6.45, 7) is 0.0506. The van der Waals surface area contributed by atoms with Crippen molar-refractivity contribution in [2.75, 3.05) is 11.4 Å². The first-order valence-corrected chi connectivity index (χ1v) is 5.81. The lowest BCUT2D eigenvalue weighted by molar-refractivity contribution is -0.137. The van der Waals surface area contributed by atoms with Crippen LogP contribution < -0.4 is 4.90 Å². The average Bonchev–Trinajstić information content (AvgIpc) is 2.37. The molecule has 1 aromatic carbocycles. The van der Waals surface area contributed by atoms with Gasteiger partial charge >= 0.3 is 6.18 Å². The lowest BCUT2D eigenvalue weighted by Gasteiger charge is -2.24. The Morgan fingerprint density at radius 2 is 2.00 bits per heavy atom. The third-order valence-electron chi connectivity index (χ3n) is 2.68. The Kier molecular flexibility index (Phi) is 3.73. The Bertz CT molecular complexity index is 618. The van der Waals surface area contributed by atoms with Crippen molar-refractivity contribution in [1.82, 2.24) is 0 Å². The fourth-order valence-electron chi connectivity index (χ4n) is 1.78. The molecule has 7 heteroatoms. The van der Waals surface area contributed by atoms with E-state index in [9.17, 15) is 17.6 Å². The van der Waals surface area contributed by atoms with Crippen molar-refractivity contribution in [3.05, 3.63) is 52.5 Å². The van der Waals surface area contributed by atoms with Gasteiger partial charge in [-0.15, -0.1) is 0 Å². The molecular formula is C13H7ClF4N2. The van der Waals surface area contributed by atoms with Crippen LogP contribution in [0.15, 0.2) is 36.1 Å². The number of hydrogen-bond acceptors (Lipinski definition) is 2. The predicted octanol–water partition coefficient (Wildman–Crippen LogP) is 4.28. The van der Waals surface area contributed by atoms with Crippen molar-refractivity contribution >= 4 is 17.3 Å². The van der Waals surface area contributed by atoms with E-state index in [0.29, 0.717) is 17.7 Å². The molecule has 0 fully saturated rings. The summed E-state index contributed by atoms with van der Waals surface area (Å²) >= 11 is 5.75. The molecule has 0 bridgehead atoms. The Morgan fingerprint density at radius 1 is 1.30 bits per heavy atom. The second-order valence-electron chi connectivity index (χ2n) is 4.06. The third kappa shape index (κ3) is 2.78. The van der Waals surface area contributed by atoms with Gasteiger partial charge in [-0.3, -0.25) is 0 Å². The maximum Gasteiger partial charge on any atom is 0.416 e. The Labute approximate surface area is 117 Å². The summed E-state index contributed by atoms with van der Waals surface area (Å²) in [6.07, 6.45) is -0.196. The van der Waals surface area contributed by atoms with E-state index in [-0.39, 0.29) is 17.3 Å². The molecule has 104 valence electrons. The monoisotopic (exact) mass is 302 g/mol. The molecule has 1 heterocycles. The van der Waals surface area contributed by atoms with Gasteiger partial charge in [-0.05, 0) is 24.3 Å². The minimum Gasteiger partial charge on any atom is -0.339 e. The van der Waals surface area contributed by atoms with Gasteiger partial charge in [0.25, 0.3) is 0 Å². The van der Waals surface area contributed by atoms with E-state index < -0.39 is 17.6 Å². The predicted molar refractivity (Wildman–Crippen MR) is 66.6 cm³/mol. The molecule has 0 saturated carbocycles. The van der Waals surface area contributed by atoms with Crippen LogP contribution in [0.3, 0.4) is 0 Å². The van der Waals surface area contributed by atoms with Crippen LogP contribution >= 0.6 is 11.6 Å². The Morgan fingerprint density at radius 3 is 2.55 bits per heavy atom. The van der Waals surface area contributed by atoms with Crippen LogP contribution in [0.1, 0.15) is 5.56 Å². The summed E-state index contributed by atoms with van der Waals surface area (Å²) in [7, 11) is 0. The number of benzene rings is 1. The van der Waals surface area contributed by atoms with Gasteiger partial charge in [-0.1, -0.05) is 11.6 Å². The SMILES string of the molecule is N#CC1=CC=CN(c2c(F)cc(C(F)(F)F)cc2Cl)C1. The first-order chi connectivity index (χ1) is 9.32. The molecule has 20 heavy (non-hydrogen) atoms. The number of alkyl halides is 3. The summed E-state index contributed by atoms with van der Waals surface area (Å²) in [5.74, 6) is -1.09. The number of anilines is 1. The van der Waals surface area contributed by atoms with Crippen molar-refractivity contribution in [2.24, 2.45) is 0 Å². The van der Waals surface area contributed by atoms with Gasteiger partial charge in [0.1, 0.15) is 5.82 Å². The maximum absolute atomic E-state index is 13.9. The van der Waals surface area contributed by atoms with Crippen molar-refractivity contribution in [3.63, 3.8) is 0 Å². The van der Waals surface area contributed by atoms with Gasteiger partial charge in [0, 0.05) is 11.8 Å². The summed E-state index contributed by atoms with van der Waals surface area (Å²) in [4.78, 5) is 1.29. The zero-order valence-electron chi connectivity index (χ0n) is 9.88. The minimum absolute atomic E-state index is 0.0506. The van der Waals surface area contributed by atoms with Crippen molar-refractivity contribution in [1.29, 1.82) is 5.26 Å². The highest BCUT2D eigenvalue weighted by Crippen LogP contribution is 2.37. The van der Waals surface area contributed by atoms with Gasteiger partial charge < -0.3 is 4.90 Å². The molecule has 0 unspecified atom stereocenters. The van der Waals surface area contributed by atoms with Crippen molar-refractivity contribution in [2.45, 2.75) is 6.18 Å². The van der Waals surface area contributed by atoms with Gasteiger partial charge in [-0.25, -0.2) is 4.39 Å². The van der Waals surface area contributed by atoms with E-state index in [4.69, 9.17) is 16.9 Å². The van der Waals surface area contributed by atoms with E-state index in [1.807, 2.05) is 6.07 Å². The van der Waals surface area contributed by atoms with E-state index in [1.54, 1.807) is 0 Å². The van der Waals surface area contributed by atoms with Crippen molar-refractivity contribution < 1.29 is 17.6 Å². The lowest BCUT2D eigenvalue weighted by atomic mass is 10.1. The van der Waals surface area contributed by atoms with Crippen LogP contribution in [0.5, 0.6) is 0 Å². The highest BCUT2D eigenvalue weighted by atomic mass is 35.5. The molecule has 0 spiro atoms. The summed E-state index contributed by atoms with van der Waals surface area (Å²) in [5.41, 5.74) is -0.986. The van der Waals surface area contributed by atoms with Gasteiger partial charge in [0.15, 0.2) is 0 Å². The first-order valence-electron chi connectivity index (χ1n) is 5.43. The van der Waals surface area contributed by atoms with Gasteiger partial charge in [0.05, 0.1) is 28.9 Å². The molecule has 0 saturated heterocycles. The highest BCUT2D eigenvalue weighted by Gasteiger charge is 2.33. The molecule has 1 aliphatic rings. The lowest BCUT2D eigenvalue weighted by Crippen LogP contribution is -2.22. The van der Waals surface area contributed by atoms with Crippen LogP contribution in [-0.2, 0) is 6.18 Å². The molecule has 0 radical (unpaired) electrons. The second-order valence-corrected chi connectivity index (χ2v) is 4.47. The van der Waals surface area contributed by atoms with Crippen molar-refractivity contribution in [3.8, 4) is 6.07 Å². The van der Waals surface area contributed by atoms with Crippen LogP contribution in [0.25, 0.3) is 0 Å². The largest absolute Gasteiger partial charge is 0.416 e. The van der Waals surface area contributed by atoms with Crippen LogP contribution in [0.4, 0.5) is 23.2 Å². The average molecular weight is 303 g/mol. The minimum atomic E-state index is -4.67. The molecule has 2 rings (SSSR count). The van der Waals surface area contributed by atoms with E-state index in [1.165, 1.54) is 23.3 Å². The standard InChI is InChI=1S/C13H7ClF4N2/c14-10-4-9(13(16,17)18)5-11(15)12(10)20-3-1-2-8(6-19)7-20/h1-5H,7H2. The highest BCUT2D eigenvalue weighted by molar-refractivity contribution is 6.33. The quantitative estimate of drug-likeness (QED) is 0.724. The molecular weight excluding hydrogens is 296 g/mol. The molecule has 0 amide bonds. The third-order valence-corrected chi connectivity index (χ3v) is 2.97. The number of halogens is 5. The number of rotatable bonds is 1. The Balaban J connectivity index is 2.43. The topological polar surface area (TPSA) is 27.0 Å². The number of hydrogen-bond donors (Lipinski definition) is 0. The second kappa shape index (κ2) is 5.17. The Hall–Kier alpha value is -2.00. The molecule has 0 atom stereocenters. The van der Waals surface area contributed by atoms with E-state index in [2.05, 4.69) is 0 Å². The summed E-state index contributed by atoms with van der Waals surface area (Å²) in [6, 6.07) is 2.95. The van der Waals surface area contributed by atoms with Gasteiger partial charge in [0.2, 0.25) is 0 Å². The van der Waals surface area contributed by atoms with E-state index in [0.717, 1.165) is 0 Å². The zero-order chi connectivity index (χ0) is 14.9. The molecule has 0 aliphatic carbocycles. The molecule has 1 aromatic rings. The zero-order valence-corrected chi connectivity index (χ0v) is 10.6. The van der Waals surface area contributed by atoms with Crippen LogP contribution in [0, 0.1) is 17.1 Å². The first kappa shape index (κ1) is 14.4. The van der Waals surface area contributed by atoms with Gasteiger partial charge in [-0.2, -0.15) is 18.4 Å². The number of nitrogens with zero attached hydrogens (tertiary/aromatic N) is 2. The molecule has 1 aliphatic heterocycles. The molecule has 0 aromatic heterocycles. The molecule has 0 N–H and O–H groups in total. The van der Waals surface area contributed by atoms with E-state index >= 15 is 0 Å². The number of allylic oxidation sites excluding steroid dienone is 2. The summed E-state index contributed by atoms with van der Waals surface area (Å²) in [5, 5.41) is 8.43. The fourth-order valence-corrected chi connectivity index (χ4v) is 2.10.